The summed E-state index contributed by atoms with van der Waals surface area (Å²) in [4.78, 5) is 14.0. The number of benzene rings is 1. The Kier molecular flexibility index (Phi) is 4.54. The van der Waals surface area contributed by atoms with Crippen molar-refractivity contribution in [2.45, 2.75) is 44.1 Å². The quantitative estimate of drug-likeness (QED) is 0.924. The van der Waals surface area contributed by atoms with Crippen LogP contribution in [0.3, 0.4) is 0 Å². The van der Waals surface area contributed by atoms with Crippen LogP contribution in [0.15, 0.2) is 24.3 Å². The molecule has 1 aliphatic heterocycles. The van der Waals surface area contributed by atoms with E-state index in [0.29, 0.717) is 18.5 Å². The van der Waals surface area contributed by atoms with Gasteiger partial charge >= 0.3 is 0 Å². The zero-order valence-corrected chi connectivity index (χ0v) is 12.4. The molecule has 1 saturated carbocycles. The Hall–Kier alpha value is -1.42. The summed E-state index contributed by atoms with van der Waals surface area (Å²) in [7, 11) is 0. The lowest BCUT2D eigenvalue weighted by atomic mass is 9.76. The minimum Gasteiger partial charge on any atom is -0.342 e. The highest BCUT2D eigenvalue weighted by atomic mass is 19.1. The van der Waals surface area contributed by atoms with Gasteiger partial charge in [-0.2, -0.15) is 0 Å². The largest absolute Gasteiger partial charge is 0.342 e. The molecule has 114 valence electrons. The highest BCUT2D eigenvalue weighted by Gasteiger charge is 2.30. The van der Waals surface area contributed by atoms with Crippen LogP contribution in [0.1, 0.15) is 43.6 Å². The lowest BCUT2D eigenvalue weighted by Crippen LogP contribution is -2.47. The number of likely N-dealkylation sites (tertiary alicyclic amines) is 1. The van der Waals surface area contributed by atoms with E-state index < -0.39 is 0 Å². The predicted molar refractivity (Wildman–Crippen MR) is 80.6 cm³/mol. The van der Waals surface area contributed by atoms with Crippen LogP contribution in [0.4, 0.5) is 4.39 Å². The van der Waals surface area contributed by atoms with Crippen molar-refractivity contribution in [3.05, 3.63) is 35.6 Å². The van der Waals surface area contributed by atoms with Crippen LogP contribution in [0, 0.1) is 5.82 Å². The van der Waals surface area contributed by atoms with Gasteiger partial charge in [0.05, 0.1) is 6.54 Å². The highest BCUT2D eigenvalue weighted by molar-refractivity contribution is 5.78. The van der Waals surface area contributed by atoms with Crippen molar-refractivity contribution in [3.63, 3.8) is 0 Å². The Morgan fingerprint density at radius 2 is 1.81 bits per heavy atom. The monoisotopic (exact) mass is 290 g/mol. The van der Waals surface area contributed by atoms with Crippen molar-refractivity contribution in [2.75, 3.05) is 19.6 Å². The second-order valence-electron chi connectivity index (χ2n) is 6.24. The number of carbonyl (C=O) groups excluding carboxylic acids is 1. The summed E-state index contributed by atoms with van der Waals surface area (Å²) < 4.78 is 12.9. The van der Waals surface area contributed by atoms with Crippen molar-refractivity contribution in [2.24, 2.45) is 0 Å². The van der Waals surface area contributed by atoms with E-state index in [1.54, 1.807) is 0 Å². The molecule has 0 unspecified atom stereocenters. The van der Waals surface area contributed by atoms with Crippen molar-refractivity contribution in [1.82, 2.24) is 10.2 Å². The molecule has 0 bridgehead atoms. The molecule has 1 aliphatic carbocycles. The van der Waals surface area contributed by atoms with Crippen LogP contribution in [-0.2, 0) is 4.79 Å². The number of nitrogens with zero attached hydrogens (tertiary/aromatic N) is 1. The van der Waals surface area contributed by atoms with Crippen LogP contribution in [-0.4, -0.2) is 36.5 Å². The zero-order chi connectivity index (χ0) is 14.7. The summed E-state index contributed by atoms with van der Waals surface area (Å²) in [5.74, 6) is 0.563. The van der Waals surface area contributed by atoms with E-state index in [1.165, 1.54) is 24.1 Å². The number of hydrogen-bond donors (Lipinski definition) is 1. The first-order valence-corrected chi connectivity index (χ1v) is 7.99. The van der Waals surface area contributed by atoms with Crippen LogP contribution >= 0.6 is 0 Å². The Labute approximate surface area is 125 Å². The van der Waals surface area contributed by atoms with E-state index in [2.05, 4.69) is 5.32 Å². The molecular weight excluding hydrogens is 267 g/mol. The van der Waals surface area contributed by atoms with Gasteiger partial charge in [-0.15, -0.1) is 0 Å². The van der Waals surface area contributed by atoms with Gasteiger partial charge in [-0.25, -0.2) is 4.39 Å². The molecule has 0 spiro atoms. The third-order valence-electron chi connectivity index (χ3n) is 4.73. The van der Waals surface area contributed by atoms with E-state index in [0.717, 1.165) is 38.8 Å². The normalized spacial score (nSPS) is 25.5. The topological polar surface area (TPSA) is 32.3 Å². The highest BCUT2D eigenvalue weighted by Crippen LogP contribution is 2.36. The summed E-state index contributed by atoms with van der Waals surface area (Å²) >= 11 is 0. The molecule has 0 aromatic heterocycles. The number of rotatable bonds is 4. The first-order valence-electron chi connectivity index (χ1n) is 7.99. The number of piperidine rings is 1. The average molecular weight is 290 g/mol. The molecule has 1 aromatic rings. The second kappa shape index (κ2) is 6.56. The molecule has 1 amide bonds. The van der Waals surface area contributed by atoms with Gasteiger partial charge < -0.3 is 10.2 Å². The number of hydrogen-bond acceptors (Lipinski definition) is 2. The lowest BCUT2D eigenvalue weighted by molar-refractivity contribution is -0.131. The summed E-state index contributed by atoms with van der Waals surface area (Å²) in [6, 6.07) is 7.21. The molecule has 1 saturated heterocycles. The summed E-state index contributed by atoms with van der Waals surface area (Å²) in [5.41, 5.74) is 1.21. The standard InChI is InChI=1S/C17H23FN2O/c18-15-6-4-13(5-7-15)14-10-16(11-14)19-12-17(21)20-8-2-1-3-9-20/h4-7,14,16,19H,1-3,8-12H2. The Morgan fingerprint density at radius 1 is 1.14 bits per heavy atom. The fraction of sp³-hybridized carbons (Fsp3) is 0.588. The van der Waals surface area contributed by atoms with Gasteiger partial charge in [0.25, 0.3) is 0 Å². The first-order chi connectivity index (χ1) is 10.2. The maximum absolute atomic E-state index is 12.9. The summed E-state index contributed by atoms with van der Waals surface area (Å²) in [6.07, 6.45) is 5.61. The van der Waals surface area contributed by atoms with Crippen LogP contribution in [0.25, 0.3) is 0 Å². The summed E-state index contributed by atoms with van der Waals surface area (Å²) in [6.45, 7) is 2.30. The Balaban J connectivity index is 1.38. The van der Waals surface area contributed by atoms with Gasteiger partial charge in [0.15, 0.2) is 0 Å². The van der Waals surface area contributed by atoms with Gasteiger partial charge in [0.1, 0.15) is 5.82 Å². The van der Waals surface area contributed by atoms with Crippen molar-refractivity contribution >= 4 is 5.91 Å². The van der Waals surface area contributed by atoms with Gasteiger partial charge in [0, 0.05) is 19.1 Å². The maximum atomic E-state index is 12.9. The molecule has 2 aliphatic rings. The number of nitrogens with one attached hydrogen (secondary N) is 1. The van der Waals surface area contributed by atoms with Gasteiger partial charge in [-0.05, 0) is 55.7 Å². The van der Waals surface area contributed by atoms with Crippen LogP contribution in [0.5, 0.6) is 0 Å². The van der Waals surface area contributed by atoms with E-state index >= 15 is 0 Å². The Morgan fingerprint density at radius 3 is 2.48 bits per heavy atom. The molecule has 1 heterocycles. The predicted octanol–water partition coefficient (Wildman–Crippen LogP) is 2.67. The maximum Gasteiger partial charge on any atom is 0.236 e. The fourth-order valence-electron chi connectivity index (χ4n) is 3.28. The van der Waals surface area contributed by atoms with E-state index in [-0.39, 0.29) is 11.7 Å². The zero-order valence-electron chi connectivity index (χ0n) is 12.4. The number of halogens is 1. The van der Waals surface area contributed by atoms with Crippen LogP contribution < -0.4 is 5.32 Å². The molecule has 1 N–H and O–H groups in total. The van der Waals surface area contributed by atoms with Crippen molar-refractivity contribution < 1.29 is 9.18 Å². The molecule has 2 fully saturated rings. The van der Waals surface area contributed by atoms with Gasteiger partial charge in [-0.3, -0.25) is 4.79 Å². The second-order valence-corrected chi connectivity index (χ2v) is 6.24. The van der Waals surface area contributed by atoms with E-state index in [1.807, 2.05) is 17.0 Å². The van der Waals surface area contributed by atoms with E-state index in [9.17, 15) is 9.18 Å². The molecule has 3 nitrogen and oxygen atoms in total. The molecule has 3 rings (SSSR count). The van der Waals surface area contributed by atoms with E-state index in [4.69, 9.17) is 0 Å². The smallest absolute Gasteiger partial charge is 0.236 e. The number of amides is 1. The fourth-order valence-corrected chi connectivity index (χ4v) is 3.28. The molecular formula is C17H23FN2O. The summed E-state index contributed by atoms with van der Waals surface area (Å²) in [5, 5.41) is 3.36. The van der Waals surface area contributed by atoms with Gasteiger partial charge in [-0.1, -0.05) is 12.1 Å². The minimum absolute atomic E-state index is 0.181. The molecule has 0 atom stereocenters. The average Bonchev–Trinajstić information content (AvgIpc) is 2.48. The lowest BCUT2D eigenvalue weighted by Gasteiger charge is -2.37. The first kappa shape index (κ1) is 14.5. The molecule has 21 heavy (non-hydrogen) atoms. The SMILES string of the molecule is O=C(CNC1CC(c2ccc(F)cc2)C1)N1CCCCC1. The van der Waals surface area contributed by atoms with Crippen molar-refractivity contribution in [1.29, 1.82) is 0 Å². The third kappa shape index (κ3) is 3.62. The molecule has 1 aromatic carbocycles. The third-order valence-corrected chi connectivity index (χ3v) is 4.73. The Bertz CT molecular complexity index is 476. The van der Waals surface area contributed by atoms with Gasteiger partial charge in [0.2, 0.25) is 5.91 Å². The molecule has 0 radical (unpaired) electrons. The van der Waals surface area contributed by atoms with Crippen LogP contribution in [0.2, 0.25) is 0 Å². The minimum atomic E-state index is -0.181. The molecule has 4 heteroatoms. The number of carbonyl (C=O) groups is 1. The van der Waals surface area contributed by atoms with Crippen molar-refractivity contribution in [3.8, 4) is 0 Å².